The van der Waals surface area contributed by atoms with Gasteiger partial charge in [0.15, 0.2) is 0 Å². The van der Waals surface area contributed by atoms with E-state index in [1.807, 2.05) is 0 Å². The number of likely N-dealkylation sites (tertiary alicyclic amines) is 1. The fourth-order valence-electron chi connectivity index (χ4n) is 4.18. The van der Waals surface area contributed by atoms with Crippen molar-refractivity contribution in [1.29, 1.82) is 0 Å². The Morgan fingerprint density at radius 3 is 2.53 bits per heavy atom. The molecule has 3 heterocycles. The van der Waals surface area contributed by atoms with Gasteiger partial charge in [-0.3, -0.25) is 9.80 Å². The maximum Gasteiger partial charge on any atom is 0.0264 e. The number of nitrogens with one attached hydrogen (secondary N) is 1. The Bertz CT molecular complexity index is 266. The molecule has 3 nitrogen and oxygen atoms in total. The van der Waals surface area contributed by atoms with Crippen molar-refractivity contribution in [2.45, 2.75) is 63.7 Å². The van der Waals surface area contributed by atoms with Crippen LogP contribution in [0.5, 0.6) is 0 Å². The Morgan fingerprint density at radius 2 is 1.71 bits per heavy atom. The summed E-state index contributed by atoms with van der Waals surface area (Å²) < 4.78 is 0. The lowest BCUT2D eigenvalue weighted by Crippen LogP contribution is -2.44. The Kier molecular flexibility index (Phi) is 3.42. The molecule has 3 aliphatic heterocycles. The van der Waals surface area contributed by atoms with Crippen LogP contribution < -0.4 is 5.32 Å². The second-order valence-corrected chi connectivity index (χ2v) is 6.40. The normalized spacial score (nSPS) is 39.4. The first-order chi connectivity index (χ1) is 8.24. The van der Waals surface area contributed by atoms with Crippen LogP contribution in [0.25, 0.3) is 0 Å². The summed E-state index contributed by atoms with van der Waals surface area (Å²) in [4.78, 5) is 5.50. The van der Waals surface area contributed by atoms with E-state index < -0.39 is 0 Å². The molecule has 0 spiro atoms. The topological polar surface area (TPSA) is 18.5 Å². The number of rotatable bonds is 3. The number of hydrogen-bond acceptors (Lipinski definition) is 3. The molecule has 0 aromatic rings. The molecule has 0 aromatic carbocycles. The standard InChI is InChI=1S/C14H27N3/c1-11(2)15-12-5-8-17(10-12)14-6-9-16-7-3-4-13(14)16/h11-15H,3-10H2,1-2H3. The third-order valence-corrected chi connectivity index (χ3v) is 4.83. The molecule has 1 N–H and O–H groups in total. The third kappa shape index (κ3) is 2.38. The van der Waals surface area contributed by atoms with Crippen LogP contribution in [-0.2, 0) is 0 Å². The molecule has 0 aliphatic carbocycles. The van der Waals surface area contributed by atoms with Crippen LogP contribution in [0.3, 0.4) is 0 Å². The van der Waals surface area contributed by atoms with Crippen LogP contribution in [0.2, 0.25) is 0 Å². The predicted octanol–water partition coefficient (Wildman–Crippen LogP) is 1.30. The van der Waals surface area contributed by atoms with Crippen molar-refractivity contribution in [2.75, 3.05) is 26.2 Å². The van der Waals surface area contributed by atoms with Crippen LogP contribution in [0.15, 0.2) is 0 Å². The highest BCUT2D eigenvalue weighted by molar-refractivity contribution is 4.99. The molecule has 98 valence electrons. The predicted molar refractivity (Wildman–Crippen MR) is 71.2 cm³/mol. The molecule has 0 saturated carbocycles. The maximum absolute atomic E-state index is 3.70. The molecule has 3 aliphatic rings. The smallest absolute Gasteiger partial charge is 0.0264 e. The van der Waals surface area contributed by atoms with Crippen molar-refractivity contribution in [3.63, 3.8) is 0 Å². The molecule has 0 radical (unpaired) electrons. The quantitative estimate of drug-likeness (QED) is 0.798. The Labute approximate surface area is 106 Å². The van der Waals surface area contributed by atoms with Gasteiger partial charge in [0.1, 0.15) is 0 Å². The zero-order chi connectivity index (χ0) is 11.8. The number of nitrogens with zero attached hydrogens (tertiary/aromatic N) is 2. The van der Waals surface area contributed by atoms with Crippen molar-refractivity contribution in [1.82, 2.24) is 15.1 Å². The van der Waals surface area contributed by atoms with E-state index in [0.29, 0.717) is 6.04 Å². The van der Waals surface area contributed by atoms with Crippen LogP contribution in [-0.4, -0.2) is 60.1 Å². The largest absolute Gasteiger partial charge is 0.310 e. The summed E-state index contributed by atoms with van der Waals surface area (Å²) >= 11 is 0. The van der Waals surface area contributed by atoms with Gasteiger partial charge in [-0.05, 0) is 32.2 Å². The Hall–Kier alpha value is -0.120. The minimum Gasteiger partial charge on any atom is -0.310 e. The Morgan fingerprint density at radius 1 is 0.941 bits per heavy atom. The van der Waals surface area contributed by atoms with Crippen molar-refractivity contribution in [2.24, 2.45) is 0 Å². The van der Waals surface area contributed by atoms with E-state index in [9.17, 15) is 0 Å². The van der Waals surface area contributed by atoms with Gasteiger partial charge in [-0.2, -0.15) is 0 Å². The van der Waals surface area contributed by atoms with Crippen molar-refractivity contribution < 1.29 is 0 Å². The average Bonchev–Trinajstić information content (AvgIpc) is 2.89. The van der Waals surface area contributed by atoms with Crippen LogP contribution >= 0.6 is 0 Å². The molecule has 17 heavy (non-hydrogen) atoms. The minimum absolute atomic E-state index is 0.631. The molecular weight excluding hydrogens is 210 g/mol. The van der Waals surface area contributed by atoms with Gasteiger partial charge in [0, 0.05) is 43.8 Å². The van der Waals surface area contributed by atoms with Crippen molar-refractivity contribution >= 4 is 0 Å². The Balaban J connectivity index is 1.56. The monoisotopic (exact) mass is 237 g/mol. The van der Waals surface area contributed by atoms with E-state index >= 15 is 0 Å². The van der Waals surface area contributed by atoms with Gasteiger partial charge >= 0.3 is 0 Å². The molecule has 3 unspecified atom stereocenters. The second kappa shape index (κ2) is 4.87. The second-order valence-electron chi connectivity index (χ2n) is 6.40. The van der Waals surface area contributed by atoms with E-state index in [0.717, 1.165) is 18.1 Å². The van der Waals surface area contributed by atoms with Gasteiger partial charge in [-0.1, -0.05) is 13.8 Å². The fraction of sp³-hybridized carbons (Fsp3) is 1.00. The molecule has 0 bridgehead atoms. The summed E-state index contributed by atoms with van der Waals surface area (Å²) in [5, 5.41) is 3.70. The molecule has 3 saturated heterocycles. The first-order valence-electron chi connectivity index (χ1n) is 7.48. The maximum atomic E-state index is 3.70. The highest BCUT2D eigenvalue weighted by atomic mass is 15.3. The van der Waals surface area contributed by atoms with E-state index in [1.54, 1.807) is 0 Å². The van der Waals surface area contributed by atoms with Crippen LogP contribution in [0.1, 0.15) is 39.5 Å². The van der Waals surface area contributed by atoms with Gasteiger partial charge < -0.3 is 5.32 Å². The SMILES string of the molecule is CC(C)NC1CCN(C2CCN3CCCC23)C1. The molecule has 0 amide bonds. The van der Waals surface area contributed by atoms with Gasteiger partial charge in [0.25, 0.3) is 0 Å². The molecule has 3 rings (SSSR count). The summed E-state index contributed by atoms with van der Waals surface area (Å²) in [7, 11) is 0. The molecule has 3 fully saturated rings. The van der Waals surface area contributed by atoms with E-state index in [-0.39, 0.29) is 0 Å². The van der Waals surface area contributed by atoms with E-state index in [1.165, 1.54) is 51.9 Å². The zero-order valence-corrected chi connectivity index (χ0v) is 11.4. The minimum atomic E-state index is 0.631. The average molecular weight is 237 g/mol. The van der Waals surface area contributed by atoms with Gasteiger partial charge in [-0.15, -0.1) is 0 Å². The van der Waals surface area contributed by atoms with Crippen molar-refractivity contribution in [3.05, 3.63) is 0 Å². The molecular formula is C14H27N3. The van der Waals surface area contributed by atoms with Gasteiger partial charge in [0.2, 0.25) is 0 Å². The molecule has 3 atom stereocenters. The summed E-state index contributed by atoms with van der Waals surface area (Å²) in [6.45, 7) is 9.84. The zero-order valence-electron chi connectivity index (χ0n) is 11.4. The van der Waals surface area contributed by atoms with Gasteiger partial charge in [0.05, 0.1) is 0 Å². The lowest BCUT2D eigenvalue weighted by Gasteiger charge is -2.29. The highest BCUT2D eigenvalue weighted by Crippen LogP contribution is 2.32. The lowest BCUT2D eigenvalue weighted by molar-refractivity contribution is 0.187. The molecule has 0 aromatic heterocycles. The lowest BCUT2D eigenvalue weighted by atomic mass is 10.1. The van der Waals surface area contributed by atoms with E-state index in [4.69, 9.17) is 0 Å². The van der Waals surface area contributed by atoms with Crippen molar-refractivity contribution in [3.8, 4) is 0 Å². The van der Waals surface area contributed by atoms with Crippen LogP contribution in [0.4, 0.5) is 0 Å². The molecule has 3 heteroatoms. The number of fused-ring (bicyclic) bond motifs is 1. The highest BCUT2D eigenvalue weighted by Gasteiger charge is 2.41. The van der Waals surface area contributed by atoms with Crippen LogP contribution in [0, 0.1) is 0 Å². The van der Waals surface area contributed by atoms with E-state index in [2.05, 4.69) is 29.0 Å². The first kappa shape index (κ1) is 11.9. The van der Waals surface area contributed by atoms with Gasteiger partial charge in [-0.25, -0.2) is 0 Å². The fourth-order valence-corrected chi connectivity index (χ4v) is 4.18. The summed E-state index contributed by atoms with van der Waals surface area (Å²) in [6.07, 6.45) is 5.65. The summed E-state index contributed by atoms with van der Waals surface area (Å²) in [5.41, 5.74) is 0. The third-order valence-electron chi connectivity index (χ3n) is 4.83. The first-order valence-corrected chi connectivity index (χ1v) is 7.48. The summed E-state index contributed by atoms with van der Waals surface area (Å²) in [6, 6.07) is 3.14. The number of hydrogen-bond donors (Lipinski definition) is 1. The summed E-state index contributed by atoms with van der Waals surface area (Å²) in [5.74, 6) is 0.